The molecule has 1 aliphatic rings. The van der Waals surface area contributed by atoms with Crippen molar-refractivity contribution in [3.63, 3.8) is 0 Å². The number of halogens is 4. The van der Waals surface area contributed by atoms with E-state index in [9.17, 15) is 22.4 Å². The topological polar surface area (TPSA) is 103 Å². The Bertz CT molecular complexity index is 1920. The standard InChI is InChI=1S/C40H43BF4N6O3/c1-38(2)39(3,4)54-41(53-38)23-15-14-22-32(37-48-49-50-51(37)26-33(52)46-25-27-24-31(42)35(44)36(45)34(27)43)47-40(28-16-8-5-9-17-28,29-18-10-6-11-19-29)30-20-12-7-13-21-30/h5-13,16-21,24,32,47H,14-15,22-23,25-26H2,1-4H3,(H,46,52). The molecule has 1 atom stereocenters. The normalized spacial score (nSPS) is 15.7. The molecule has 1 amide bonds. The van der Waals surface area contributed by atoms with Crippen molar-refractivity contribution in [2.24, 2.45) is 0 Å². The van der Waals surface area contributed by atoms with Crippen LogP contribution in [0.5, 0.6) is 0 Å². The van der Waals surface area contributed by atoms with Crippen LogP contribution in [0, 0.1) is 23.3 Å². The number of carbonyl (C=O) groups excluding carboxylic acids is 1. The van der Waals surface area contributed by atoms with Crippen LogP contribution in [-0.4, -0.2) is 44.4 Å². The van der Waals surface area contributed by atoms with Crippen molar-refractivity contribution in [2.45, 2.75) is 89.1 Å². The highest BCUT2D eigenvalue weighted by Crippen LogP contribution is 2.41. The van der Waals surface area contributed by atoms with E-state index in [4.69, 9.17) is 9.31 Å². The molecular formula is C40H43BF4N6O3. The van der Waals surface area contributed by atoms with Crippen molar-refractivity contribution in [2.75, 3.05) is 0 Å². The van der Waals surface area contributed by atoms with Gasteiger partial charge in [0.05, 0.1) is 22.8 Å². The van der Waals surface area contributed by atoms with Crippen LogP contribution in [0.4, 0.5) is 17.6 Å². The lowest BCUT2D eigenvalue weighted by Gasteiger charge is -2.40. The van der Waals surface area contributed by atoms with E-state index in [1.54, 1.807) is 0 Å². The lowest BCUT2D eigenvalue weighted by Crippen LogP contribution is -2.47. The Morgan fingerprint density at radius 2 is 1.33 bits per heavy atom. The molecular weight excluding hydrogens is 699 g/mol. The van der Waals surface area contributed by atoms with Gasteiger partial charge in [-0.25, -0.2) is 22.2 Å². The first-order valence-electron chi connectivity index (χ1n) is 18.0. The maximum atomic E-state index is 14.3. The average Bonchev–Trinajstić information content (AvgIpc) is 3.71. The molecule has 2 N–H and O–H groups in total. The molecule has 0 bridgehead atoms. The second-order valence-corrected chi connectivity index (χ2v) is 14.4. The van der Waals surface area contributed by atoms with Gasteiger partial charge in [0.1, 0.15) is 6.54 Å². The first-order valence-corrected chi connectivity index (χ1v) is 18.0. The number of hydrogen-bond acceptors (Lipinski definition) is 7. The van der Waals surface area contributed by atoms with Crippen molar-refractivity contribution >= 4 is 13.0 Å². The zero-order valence-electron chi connectivity index (χ0n) is 30.7. The first-order chi connectivity index (χ1) is 25.8. The third kappa shape index (κ3) is 8.10. The number of unbranched alkanes of at least 4 members (excludes halogenated alkanes) is 1. The van der Waals surface area contributed by atoms with Crippen LogP contribution in [0.1, 0.15) is 81.1 Å². The largest absolute Gasteiger partial charge is 0.457 e. The summed E-state index contributed by atoms with van der Waals surface area (Å²) in [5.41, 5.74) is 0.530. The Balaban J connectivity index is 1.31. The molecule has 1 saturated heterocycles. The lowest BCUT2D eigenvalue weighted by molar-refractivity contribution is -0.122. The van der Waals surface area contributed by atoms with E-state index >= 15 is 0 Å². The number of rotatable bonds is 15. The molecule has 1 unspecified atom stereocenters. The highest BCUT2D eigenvalue weighted by atomic mass is 19.2. The summed E-state index contributed by atoms with van der Waals surface area (Å²) in [5.74, 6) is -7.32. The molecule has 0 aliphatic carbocycles. The van der Waals surface area contributed by atoms with Gasteiger partial charge in [-0.15, -0.1) is 5.10 Å². The average molecular weight is 743 g/mol. The van der Waals surface area contributed by atoms with Crippen molar-refractivity contribution in [3.05, 3.63) is 148 Å². The van der Waals surface area contributed by atoms with Crippen LogP contribution in [-0.2, 0) is 32.7 Å². The van der Waals surface area contributed by atoms with Gasteiger partial charge in [0.25, 0.3) is 0 Å². The van der Waals surface area contributed by atoms with E-state index in [1.165, 1.54) is 4.68 Å². The summed E-state index contributed by atoms with van der Waals surface area (Å²) < 4.78 is 69.4. The molecule has 14 heteroatoms. The van der Waals surface area contributed by atoms with Gasteiger partial charge < -0.3 is 14.6 Å². The molecule has 1 aliphatic heterocycles. The van der Waals surface area contributed by atoms with Gasteiger partial charge in [0, 0.05) is 12.1 Å². The number of benzene rings is 4. The van der Waals surface area contributed by atoms with Gasteiger partial charge in [-0.05, 0) is 73.6 Å². The molecule has 4 aromatic carbocycles. The van der Waals surface area contributed by atoms with Crippen LogP contribution < -0.4 is 10.6 Å². The van der Waals surface area contributed by atoms with E-state index in [0.29, 0.717) is 31.1 Å². The number of hydrogen-bond donors (Lipinski definition) is 2. The number of aromatic nitrogens is 4. The zero-order valence-corrected chi connectivity index (χ0v) is 30.7. The summed E-state index contributed by atoms with van der Waals surface area (Å²) in [6.07, 6.45) is 2.66. The maximum absolute atomic E-state index is 14.3. The van der Waals surface area contributed by atoms with E-state index in [2.05, 4.69) is 62.6 Å². The number of nitrogens with zero attached hydrogens (tertiary/aromatic N) is 4. The zero-order chi connectivity index (χ0) is 38.5. The van der Waals surface area contributed by atoms with Crippen LogP contribution in [0.2, 0.25) is 6.32 Å². The molecule has 0 saturated carbocycles. The Kier molecular flexibility index (Phi) is 11.6. The van der Waals surface area contributed by atoms with Crippen molar-refractivity contribution in [1.29, 1.82) is 0 Å². The fraction of sp³-hybridized carbons (Fsp3) is 0.350. The van der Waals surface area contributed by atoms with E-state index in [0.717, 1.165) is 23.1 Å². The molecule has 282 valence electrons. The van der Waals surface area contributed by atoms with Crippen LogP contribution in [0.25, 0.3) is 0 Å². The van der Waals surface area contributed by atoms with Gasteiger partial charge in [-0.1, -0.05) is 104 Å². The molecule has 6 rings (SSSR count). The Hall–Kier alpha value is -4.92. The molecule has 1 aromatic heterocycles. The second-order valence-electron chi connectivity index (χ2n) is 14.4. The van der Waals surface area contributed by atoms with Gasteiger partial charge in [-0.2, -0.15) is 0 Å². The molecule has 2 heterocycles. The molecule has 0 radical (unpaired) electrons. The maximum Gasteiger partial charge on any atom is 0.457 e. The van der Waals surface area contributed by atoms with Crippen LogP contribution in [0.15, 0.2) is 97.1 Å². The van der Waals surface area contributed by atoms with Crippen molar-refractivity contribution in [1.82, 2.24) is 30.8 Å². The number of nitrogens with one attached hydrogen (secondary N) is 2. The highest BCUT2D eigenvalue weighted by Gasteiger charge is 2.50. The summed E-state index contributed by atoms with van der Waals surface area (Å²) in [4.78, 5) is 13.2. The van der Waals surface area contributed by atoms with Crippen molar-refractivity contribution in [3.8, 4) is 0 Å². The summed E-state index contributed by atoms with van der Waals surface area (Å²) >= 11 is 0. The van der Waals surface area contributed by atoms with Gasteiger partial charge in [0.15, 0.2) is 29.1 Å². The van der Waals surface area contributed by atoms with Crippen LogP contribution in [0.3, 0.4) is 0 Å². The minimum atomic E-state index is -1.95. The SMILES string of the molecule is CC1(C)OB(CCCCC(NC(c2ccccc2)(c2ccccc2)c2ccccc2)c2nnnn2CC(=O)NCc2cc(F)c(F)c(F)c2F)OC1(C)C. The predicted octanol–water partition coefficient (Wildman–Crippen LogP) is 7.43. The predicted molar refractivity (Wildman–Crippen MR) is 196 cm³/mol. The lowest BCUT2D eigenvalue weighted by atomic mass is 9.76. The van der Waals surface area contributed by atoms with E-state index < -0.39 is 70.6 Å². The second kappa shape index (κ2) is 16.2. The minimum absolute atomic E-state index is 0.359. The number of amides is 1. The minimum Gasteiger partial charge on any atom is -0.403 e. The monoisotopic (exact) mass is 742 g/mol. The van der Waals surface area contributed by atoms with Crippen LogP contribution >= 0.6 is 0 Å². The summed E-state index contributed by atoms with van der Waals surface area (Å²) in [6, 6.07) is 30.0. The smallest absolute Gasteiger partial charge is 0.403 e. The fourth-order valence-corrected chi connectivity index (χ4v) is 6.79. The Morgan fingerprint density at radius 1 is 0.796 bits per heavy atom. The quantitative estimate of drug-likeness (QED) is 0.0287. The fourth-order valence-electron chi connectivity index (χ4n) is 6.79. The number of tetrazole rings is 1. The first kappa shape index (κ1) is 38.8. The van der Waals surface area contributed by atoms with Crippen molar-refractivity contribution < 1.29 is 31.7 Å². The van der Waals surface area contributed by atoms with E-state index in [1.807, 2.05) is 82.3 Å². The van der Waals surface area contributed by atoms with E-state index in [-0.39, 0.29) is 7.12 Å². The summed E-state index contributed by atoms with van der Waals surface area (Å²) in [7, 11) is -0.361. The molecule has 0 spiro atoms. The summed E-state index contributed by atoms with van der Waals surface area (Å²) in [6.45, 7) is 7.10. The highest BCUT2D eigenvalue weighted by molar-refractivity contribution is 6.45. The third-order valence-electron chi connectivity index (χ3n) is 10.3. The summed E-state index contributed by atoms with van der Waals surface area (Å²) in [5, 5.41) is 18.9. The van der Waals surface area contributed by atoms with Gasteiger partial charge in [-0.3, -0.25) is 10.1 Å². The Morgan fingerprint density at radius 3 is 1.87 bits per heavy atom. The van der Waals surface area contributed by atoms with Gasteiger partial charge >= 0.3 is 7.12 Å². The number of carbonyl (C=O) groups is 1. The molecule has 5 aromatic rings. The molecule has 1 fully saturated rings. The third-order valence-corrected chi connectivity index (χ3v) is 10.3. The Labute approximate surface area is 312 Å². The van der Waals surface area contributed by atoms with Gasteiger partial charge in [0.2, 0.25) is 5.91 Å². The molecule has 54 heavy (non-hydrogen) atoms. The molecule has 9 nitrogen and oxygen atoms in total.